The molecule has 2 heterocycles. The molecule has 6 heteroatoms. The largest absolute Gasteiger partial charge is 0.330 e. The zero-order valence-corrected chi connectivity index (χ0v) is 18.6. The number of thiophene rings is 1. The van der Waals surface area contributed by atoms with Crippen LogP contribution >= 0.6 is 22.9 Å². The summed E-state index contributed by atoms with van der Waals surface area (Å²) in [6, 6.07) is 10.1. The van der Waals surface area contributed by atoms with E-state index in [9.17, 15) is 9.59 Å². The fraction of sp³-hybridized carbons (Fsp3) is 0.500. The highest BCUT2D eigenvalue weighted by molar-refractivity contribution is 7.10. The van der Waals surface area contributed by atoms with Crippen LogP contribution < -0.4 is 0 Å². The molecule has 0 saturated heterocycles. The first kappa shape index (κ1) is 20.1. The molecule has 158 valence electrons. The van der Waals surface area contributed by atoms with Crippen molar-refractivity contribution in [2.45, 2.75) is 57.0 Å². The van der Waals surface area contributed by atoms with Gasteiger partial charge in [-0.3, -0.25) is 9.59 Å². The Labute approximate surface area is 186 Å². The van der Waals surface area contributed by atoms with Crippen molar-refractivity contribution >= 4 is 34.8 Å². The Morgan fingerprint density at radius 3 is 2.50 bits per heavy atom. The number of amides is 2. The van der Waals surface area contributed by atoms with E-state index in [2.05, 4.69) is 11.4 Å². The van der Waals surface area contributed by atoms with Crippen LogP contribution in [0.5, 0.6) is 0 Å². The number of hydrogen-bond donors (Lipinski definition) is 0. The number of fused-ring (bicyclic) bond motifs is 1. The van der Waals surface area contributed by atoms with Crippen LogP contribution in [0.4, 0.5) is 0 Å². The second-order valence-corrected chi connectivity index (χ2v) is 10.2. The van der Waals surface area contributed by atoms with Crippen molar-refractivity contribution in [2.75, 3.05) is 13.1 Å². The maximum Gasteiger partial charge on any atom is 0.243 e. The minimum Gasteiger partial charge on any atom is -0.330 e. The molecule has 2 aliphatic carbocycles. The van der Waals surface area contributed by atoms with Gasteiger partial charge in [-0.1, -0.05) is 36.6 Å². The fourth-order valence-corrected chi connectivity index (χ4v) is 6.04. The Bertz CT molecular complexity index is 931. The van der Waals surface area contributed by atoms with Gasteiger partial charge in [0.2, 0.25) is 11.8 Å². The van der Waals surface area contributed by atoms with Crippen molar-refractivity contribution in [3.8, 4) is 0 Å². The molecule has 3 aliphatic rings. The van der Waals surface area contributed by atoms with Crippen molar-refractivity contribution < 1.29 is 9.59 Å². The van der Waals surface area contributed by atoms with Gasteiger partial charge in [0.05, 0.1) is 6.04 Å². The van der Waals surface area contributed by atoms with Gasteiger partial charge in [0.25, 0.3) is 0 Å². The van der Waals surface area contributed by atoms with E-state index < -0.39 is 0 Å². The molecule has 1 aliphatic heterocycles. The van der Waals surface area contributed by atoms with E-state index in [0.29, 0.717) is 11.6 Å². The van der Waals surface area contributed by atoms with Crippen molar-refractivity contribution in [2.24, 2.45) is 5.92 Å². The number of carbonyl (C=O) groups is 2. The van der Waals surface area contributed by atoms with Crippen LogP contribution in [0, 0.1) is 5.92 Å². The Morgan fingerprint density at radius 1 is 1.07 bits per heavy atom. The van der Waals surface area contributed by atoms with Gasteiger partial charge >= 0.3 is 0 Å². The highest BCUT2D eigenvalue weighted by Crippen LogP contribution is 2.39. The van der Waals surface area contributed by atoms with Crippen LogP contribution in [0.3, 0.4) is 0 Å². The topological polar surface area (TPSA) is 40.6 Å². The number of benzene rings is 1. The van der Waals surface area contributed by atoms with Crippen molar-refractivity contribution in [1.29, 1.82) is 0 Å². The van der Waals surface area contributed by atoms with E-state index in [0.717, 1.165) is 50.5 Å². The number of carbonyl (C=O) groups excluding carboxylic acids is 2. The molecule has 0 N–H and O–H groups in total. The Balaban J connectivity index is 1.40. The van der Waals surface area contributed by atoms with Crippen LogP contribution in [-0.2, 0) is 16.0 Å². The third-order valence-corrected chi connectivity index (χ3v) is 8.00. The van der Waals surface area contributed by atoms with Gasteiger partial charge in [0, 0.05) is 28.4 Å². The first-order valence-electron chi connectivity index (χ1n) is 11.0. The molecule has 2 saturated carbocycles. The molecule has 1 atom stereocenters. The van der Waals surface area contributed by atoms with Crippen molar-refractivity contribution in [3.05, 3.63) is 56.7 Å². The SMILES string of the molecule is O=C(C1CCCC1)N(CC(=O)N1CCc2sccc2C1c1ccc(Cl)cc1)C1CC1. The van der Waals surface area contributed by atoms with E-state index >= 15 is 0 Å². The molecule has 0 radical (unpaired) electrons. The van der Waals surface area contributed by atoms with E-state index in [1.807, 2.05) is 34.1 Å². The molecule has 30 heavy (non-hydrogen) atoms. The standard InChI is InChI=1S/C24H27ClN2O2S/c25-18-7-5-16(6-8-18)23-20-12-14-30-21(20)11-13-26(23)22(28)15-27(19-9-10-19)24(29)17-3-1-2-4-17/h5-8,12,14,17,19,23H,1-4,9-11,13,15H2. The third-order valence-electron chi connectivity index (χ3n) is 6.75. The fourth-order valence-electron chi connectivity index (χ4n) is 5.01. The maximum atomic E-state index is 13.6. The molecule has 4 nitrogen and oxygen atoms in total. The van der Waals surface area contributed by atoms with E-state index in [1.54, 1.807) is 11.3 Å². The predicted molar refractivity (Wildman–Crippen MR) is 120 cm³/mol. The first-order chi connectivity index (χ1) is 14.6. The van der Waals surface area contributed by atoms with Gasteiger partial charge in [-0.05, 0) is 66.8 Å². The highest BCUT2D eigenvalue weighted by Gasteiger charge is 2.40. The number of rotatable bonds is 5. The van der Waals surface area contributed by atoms with Crippen LogP contribution in [0.2, 0.25) is 5.02 Å². The molecule has 2 aromatic rings. The molecule has 2 fully saturated rings. The van der Waals surface area contributed by atoms with Crippen molar-refractivity contribution in [1.82, 2.24) is 9.80 Å². The predicted octanol–water partition coefficient (Wildman–Crippen LogP) is 5.06. The monoisotopic (exact) mass is 442 g/mol. The average molecular weight is 443 g/mol. The molecular formula is C24H27ClN2O2S. The summed E-state index contributed by atoms with van der Waals surface area (Å²) >= 11 is 7.88. The van der Waals surface area contributed by atoms with Gasteiger partial charge in [0.15, 0.2) is 0 Å². The summed E-state index contributed by atoms with van der Waals surface area (Å²) in [6.07, 6.45) is 7.16. The maximum absolute atomic E-state index is 13.6. The van der Waals surface area contributed by atoms with Gasteiger partial charge in [-0.15, -0.1) is 11.3 Å². The quantitative estimate of drug-likeness (QED) is 0.649. The lowest BCUT2D eigenvalue weighted by Crippen LogP contribution is -2.48. The van der Waals surface area contributed by atoms with Gasteiger partial charge in [-0.25, -0.2) is 0 Å². The summed E-state index contributed by atoms with van der Waals surface area (Å²) in [4.78, 5) is 31.9. The van der Waals surface area contributed by atoms with Crippen LogP contribution in [0.15, 0.2) is 35.7 Å². The zero-order chi connectivity index (χ0) is 20.7. The summed E-state index contributed by atoms with van der Waals surface area (Å²) in [6.45, 7) is 0.902. The first-order valence-corrected chi connectivity index (χ1v) is 12.3. The molecular weight excluding hydrogens is 416 g/mol. The van der Waals surface area contributed by atoms with Crippen molar-refractivity contribution in [3.63, 3.8) is 0 Å². The van der Waals surface area contributed by atoms with E-state index in [-0.39, 0.29) is 36.4 Å². The summed E-state index contributed by atoms with van der Waals surface area (Å²) in [5.41, 5.74) is 2.29. The van der Waals surface area contributed by atoms with Crippen LogP contribution in [-0.4, -0.2) is 40.7 Å². The number of nitrogens with zero attached hydrogens (tertiary/aromatic N) is 2. The summed E-state index contributed by atoms with van der Waals surface area (Å²) < 4.78 is 0. The molecule has 0 bridgehead atoms. The zero-order valence-electron chi connectivity index (χ0n) is 17.1. The third kappa shape index (κ3) is 3.90. The van der Waals surface area contributed by atoms with E-state index in [4.69, 9.17) is 11.6 Å². The molecule has 1 aromatic heterocycles. The highest BCUT2D eigenvalue weighted by atomic mass is 35.5. The molecule has 1 unspecified atom stereocenters. The second-order valence-electron chi connectivity index (χ2n) is 8.77. The lowest BCUT2D eigenvalue weighted by Gasteiger charge is -2.38. The lowest BCUT2D eigenvalue weighted by molar-refractivity contribution is -0.144. The van der Waals surface area contributed by atoms with E-state index in [1.165, 1.54) is 10.4 Å². The number of halogens is 1. The normalized spacial score (nSPS) is 21.5. The summed E-state index contributed by atoms with van der Waals surface area (Å²) in [5, 5.41) is 2.81. The molecule has 0 spiro atoms. The Morgan fingerprint density at radius 2 is 1.80 bits per heavy atom. The van der Waals surface area contributed by atoms with Gasteiger partial charge in [-0.2, -0.15) is 0 Å². The molecule has 2 amide bonds. The van der Waals surface area contributed by atoms with Gasteiger partial charge < -0.3 is 9.80 Å². The van der Waals surface area contributed by atoms with Crippen LogP contribution in [0.1, 0.15) is 60.6 Å². The summed E-state index contributed by atoms with van der Waals surface area (Å²) in [7, 11) is 0. The lowest BCUT2D eigenvalue weighted by atomic mass is 9.93. The Kier molecular flexibility index (Phi) is 5.59. The summed E-state index contributed by atoms with van der Waals surface area (Å²) in [5.74, 6) is 0.389. The smallest absolute Gasteiger partial charge is 0.243 e. The van der Waals surface area contributed by atoms with Crippen LogP contribution in [0.25, 0.3) is 0 Å². The van der Waals surface area contributed by atoms with Gasteiger partial charge in [0.1, 0.15) is 6.54 Å². The number of hydrogen-bond acceptors (Lipinski definition) is 3. The average Bonchev–Trinajstić information content (AvgIpc) is 3.24. The minimum absolute atomic E-state index is 0.0602. The Hall–Kier alpha value is -1.85. The second kappa shape index (κ2) is 8.35. The molecule has 1 aromatic carbocycles. The molecule has 5 rings (SSSR count). The minimum atomic E-state index is -0.104.